The molecular weight excluding hydrogens is 102 g/mol. The molecule has 0 aromatic carbocycles. The number of hydrogen-bond donors (Lipinski definition) is 2. The summed E-state index contributed by atoms with van der Waals surface area (Å²) in [6.07, 6.45) is 6.51. The molecule has 1 heterocycles. The van der Waals surface area contributed by atoms with Gasteiger partial charge in [0.05, 0.1) is 11.8 Å². The van der Waals surface area contributed by atoms with Crippen molar-refractivity contribution in [1.82, 2.24) is 10.2 Å². The lowest BCUT2D eigenvalue weighted by molar-refractivity contribution is 1.10. The first-order valence-electron chi connectivity index (χ1n) is 2.10. The zero-order chi connectivity index (χ0) is 5.98. The molecule has 40 valence electrons. The zero-order valence-electron chi connectivity index (χ0n) is 4.18. The maximum atomic E-state index is 5.29. The number of anilines is 1. The number of aromatic nitrogens is 2. The summed E-state index contributed by atoms with van der Waals surface area (Å²) in [7, 11) is 0. The minimum Gasteiger partial charge on any atom is -0.383 e. The molecule has 1 rings (SSSR count). The van der Waals surface area contributed by atoms with Gasteiger partial charge in [0.25, 0.3) is 0 Å². The number of nitrogen functional groups attached to an aromatic ring is 1. The molecule has 1 aromatic heterocycles. The first-order chi connectivity index (χ1) is 3.84. The number of nitrogens with two attached hydrogens (primary N) is 1. The van der Waals surface area contributed by atoms with E-state index in [0.29, 0.717) is 11.4 Å². The highest BCUT2D eigenvalue weighted by atomic mass is 15.1. The minimum absolute atomic E-state index is 0.451. The fourth-order valence-electron chi connectivity index (χ4n) is 0.411. The Labute approximate surface area is 46.9 Å². The van der Waals surface area contributed by atoms with Gasteiger partial charge in [0.1, 0.15) is 5.82 Å². The minimum atomic E-state index is 0.451. The first kappa shape index (κ1) is 4.72. The van der Waals surface area contributed by atoms with Gasteiger partial charge in [-0.15, -0.1) is 6.42 Å². The summed E-state index contributed by atoms with van der Waals surface area (Å²) in [5.41, 5.74) is 5.91. The Kier molecular flexibility index (Phi) is 0.935. The average molecular weight is 107 g/mol. The molecule has 3 nitrogen and oxygen atoms in total. The molecule has 3 N–H and O–H groups in total. The summed E-state index contributed by atoms with van der Waals surface area (Å²) in [5.74, 6) is 2.81. The van der Waals surface area contributed by atoms with Gasteiger partial charge in [-0.25, -0.2) is 0 Å². The fraction of sp³-hybridized carbons (Fsp3) is 0. The quantitative estimate of drug-likeness (QED) is 0.457. The van der Waals surface area contributed by atoms with Gasteiger partial charge in [-0.1, -0.05) is 5.92 Å². The number of hydrogen-bond acceptors (Lipinski definition) is 2. The number of nitrogens with zero attached hydrogens (tertiary/aromatic N) is 1. The lowest BCUT2D eigenvalue weighted by Gasteiger charge is -1.79. The van der Waals surface area contributed by atoms with E-state index in [1.165, 1.54) is 6.20 Å². The smallest absolute Gasteiger partial charge is 0.134 e. The van der Waals surface area contributed by atoms with E-state index < -0.39 is 0 Å². The van der Waals surface area contributed by atoms with Gasteiger partial charge < -0.3 is 5.73 Å². The largest absolute Gasteiger partial charge is 0.383 e. The van der Waals surface area contributed by atoms with Crippen LogP contribution >= 0.6 is 0 Å². The molecule has 0 saturated heterocycles. The molecule has 0 atom stereocenters. The van der Waals surface area contributed by atoms with E-state index in [1.807, 2.05) is 0 Å². The van der Waals surface area contributed by atoms with E-state index in [2.05, 4.69) is 16.1 Å². The molecule has 0 unspecified atom stereocenters. The molecule has 0 fully saturated rings. The summed E-state index contributed by atoms with van der Waals surface area (Å²) in [6, 6.07) is 0. The third-order valence-corrected chi connectivity index (χ3v) is 0.824. The van der Waals surface area contributed by atoms with Crippen LogP contribution in [0.5, 0.6) is 0 Å². The van der Waals surface area contributed by atoms with Crippen molar-refractivity contribution >= 4 is 5.82 Å². The van der Waals surface area contributed by atoms with Crippen molar-refractivity contribution in [2.24, 2.45) is 0 Å². The Bertz CT molecular complexity index is 218. The van der Waals surface area contributed by atoms with Crippen LogP contribution in [-0.2, 0) is 0 Å². The number of terminal acetylenes is 1. The molecule has 0 spiro atoms. The van der Waals surface area contributed by atoms with E-state index in [1.54, 1.807) is 0 Å². The molecule has 0 aliphatic heterocycles. The monoisotopic (exact) mass is 107 g/mol. The van der Waals surface area contributed by atoms with Crippen molar-refractivity contribution in [2.45, 2.75) is 0 Å². The van der Waals surface area contributed by atoms with Gasteiger partial charge in [0.15, 0.2) is 0 Å². The highest BCUT2D eigenvalue weighted by Crippen LogP contribution is 2.01. The summed E-state index contributed by atoms with van der Waals surface area (Å²) in [4.78, 5) is 0. The second-order valence-electron chi connectivity index (χ2n) is 1.34. The van der Waals surface area contributed by atoms with Crippen LogP contribution in [0.2, 0.25) is 0 Å². The van der Waals surface area contributed by atoms with E-state index in [4.69, 9.17) is 12.2 Å². The predicted octanol–water partition coefficient (Wildman–Crippen LogP) is -0.0268. The van der Waals surface area contributed by atoms with Gasteiger partial charge in [0.2, 0.25) is 0 Å². The van der Waals surface area contributed by atoms with E-state index in [-0.39, 0.29) is 0 Å². The van der Waals surface area contributed by atoms with Crippen molar-refractivity contribution in [2.75, 3.05) is 5.73 Å². The average Bonchev–Trinajstić information content (AvgIpc) is 2.14. The van der Waals surface area contributed by atoms with E-state index >= 15 is 0 Å². The third kappa shape index (κ3) is 0.521. The van der Waals surface area contributed by atoms with Crippen LogP contribution in [0.4, 0.5) is 5.82 Å². The van der Waals surface area contributed by atoms with Gasteiger partial charge in [-0.05, 0) is 0 Å². The number of rotatable bonds is 0. The maximum absolute atomic E-state index is 5.29. The topological polar surface area (TPSA) is 54.7 Å². The van der Waals surface area contributed by atoms with Gasteiger partial charge in [-0.2, -0.15) is 5.10 Å². The standard InChI is InChI=1S/C5H5N3/c1-2-4-3-7-8-5(4)6/h1,3H,(H3,6,7,8). The van der Waals surface area contributed by atoms with Crippen LogP contribution in [0.1, 0.15) is 5.56 Å². The number of aromatic amines is 1. The van der Waals surface area contributed by atoms with Crippen LogP contribution in [0.15, 0.2) is 6.20 Å². The van der Waals surface area contributed by atoms with Gasteiger partial charge in [-0.3, -0.25) is 5.10 Å². The molecule has 0 amide bonds. The van der Waals surface area contributed by atoms with Crippen LogP contribution in [0.25, 0.3) is 0 Å². The van der Waals surface area contributed by atoms with Gasteiger partial charge >= 0.3 is 0 Å². The molecule has 8 heavy (non-hydrogen) atoms. The molecule has 0 bridgehead atoms. The lowest BCUT2D eigenvalue weighted by atomic mass is 10.3. The molecular formula is C5H5N3. The van der Waals surface area contributed by atoms with Crippen LogP contribution < -0.4 is 5.73 Å². The van der Waals surface area contributed by atoms with Crippen LogP contribution in [0, 0.1) is 12.3 Å². The van der Waals surface area contributed by atoms with Crippen molar-refractivity contribution in [1.29, 1.82) is 0 Å². The molecule has 0 saturated carbocycles. The normalized spacial score (nSPS) is 8.38. The second kappa shape index (κ2) is 1.58. The van der Waals surface area contributed by atoms with E-state index in [0.717, 1.165) is 0 Å². The van der Waals surface area contributed by atoms with Crippen LogP contribution in [-0.4, -0.2) is 10.2 Å². The Morgan fingerprint density at radius 2 is 2.62 bits per heavy atom. The molecule has 0 aliphatic carbocycles. The highest BCUT2D eigenvalue weighted by Gasteiger charge is 1.92. The van der Waals surface area contributed by atoms with Crippen molar-refractivity contribution < 1.29 is 0 Å². The molecule has 1 aromatic rings. The SMILES string of the molecule is C#Cc1cn[nH]c1N. The third-order valence-electron chi connectivity index (χ3n) is 0.824. The summed E-state index contributed by atoms with van der Waals surface area (Å²) >= 11 is 0. The first-order valence-corrected chi connectivity index (χ1v) is 2.10. The summed E-state index contributed by atoms with van der Waals surface area (Å²) < 4.78 is 0. The molecule has 0 aliphatic rings. The summed E-state index contributed by atoms with van der Waals surface area (Å²) in [5, 5.41) is 6.10. The van der Waals surface area contributed by atoms with Crippen molar-refractivity contribution in [3.8, 4) is 12.3 Å². The lowest BCUT2D eigenvalue weighted by Crippen LogP contribution is -1.85. The fourth-order valence-corrected chi connectivity index (χ4v) is 0.411. The number of H-pyrrole nitrogens is 1. The molecule has 3 heteroatoms. The predicted molar refractivity (Wildman–Crippen MR) is 30.9 cm³/mol. The highest BCUT2D eigenvalue weighted by molar-refractivity contribution is 5.47. The van der Waals surface area contributed by atoms with Gasteiger partial charge in [0, 0.05) is 0 Å². The Morgan fingerprint density at radius 3 is 2.88 bits per heavy atom. The Balaban J connectivity index is 3.15. The van der Waals surface area contributed by atoms with Crippen molar-refractivity contribution in [3.63, 3.8) is 0 Å². The molecule has 0 radical (unpaired) electrons. The zero-order valence-corrected chi connectivity index (χ0v) is 4.18. The summed E-state index contributed by atoms with van der Waals surface area (Å²) in [6.45, 7) is 0. The Morgan fingerprint density at radius 1 is 1.88 bits per heavy atom. The van der Waals surface area contributed by atoms with Crippen LogP contribution in [0.3, 0.4) is 0 Å². The maximum Gasteiger partial charge on any atom is 0.134 e. The Hall–Kier alpha value is -1.43. The van der Waals surface area contributed by atoms with E-state index in [9.17, 15) is 0 Å². The second-order valence-corrected chi connectivity index (χ2v) is 1.34. The van der Waals surface area contributed by atoms with Crippen molar-refractivity contribution in [3.05, 3.63) is 11.8 Å². The number of nitrogens with one attached hydrogen (secondary N) is 1.